The highest BCUT2D eigenvalue weighted by Crippen LogP contribution is 2.29. The lowest BCUT2D eigenvalue weighted by molar-refractivity contribution is 0.411. The Labute approximate surface area is 108 Å². The maximum absolute atomic E-state index is 5.93. The lowest BCUT2D eigenvalue weighted by Gasteiger charge is -2.19. The lowest BCUT2D eigenvalue weighted by Crippen LogP contribution is -2.19. The van der Waals surface area contributed by atoms with Gasteiger partial charge in [-0.15, -0.1) is 0 Å². The number of aromatic nitrogens is 2. The highest BCUT2D eigenvalue weighted by molar-refractivity contribution is 6.31. The van der Waals surface area contributed by atoms with Gasteiger partial charge in [0, 0.05) is 6.04 Å². The first-order valence-electron chi connectivity index (χ1n) is 5.89. The molecule has 0 spiro atoms. The normalized spacial score (nSPS) is 14.2. The smallest absolute Gasteiger partial charge is 0.198 e. The van der Waals surface area contributed by atoms with Crippen molar-refractivity contribution in [3.05, 3.63) is 11.5 Å². The Morgan fingerprint density at radius 1 is 1.41 bits per heavy atom. The molecule has 1 N–H and O–H groups in total. The average Bonchev–Trinajstić information content (AvgIpc) is 2.29. The summed E-state index contributed by atoms with van der Waals surface area (Å²) in [7, 11) is 1.56. The van der Waals surface area contributed by atoms with E-state index in [9.17, 15) is 0 Å². The summed E-state index contributed by atoms with van der Waals surface area (Å²) in [6, 6.07) is 0.324. The van der Waals surface area contributed by atoms with Crippen LogP contribution in [0.15, 0.2) is 6.33 Å². The van der Waals surface area contributed by atoms with Crippen LogP contribution >= 0.6 is 11.6 Å². The topological polar surface area (TPSA) is 47.0 Å². The Kier molecular flexibility index (Phi) is 5.48. The zero-order chi connectivity index (χ0) is 12.8. The molecular weight excluding hydrogens is 238 g/mol. The van der Waals surface area contributed by atoms with Gasteiger partial charge in [0.1, 0.15) is 6.33 Å². The van der Waals surface area contributed by atoms with Crippen molar-refractivity contribution in [2.24, 2.45) is 5.92 Å². The molecule has 0 aromatic carbocycles. The van der Waals surface area contributed by atoms with E-state index in [1.165, 1.54) is 12.7 Å². The van der Waals surface area contributed by atoms with Crippen LogP contribution in [-0.2, 0) is 0 Å². The van der Waals surface area contributed by atoms with Gasteiger partial charge in [-0.25, -0.2) is 9.97 Å². The second-order valence-electron chi connectivity index (χ2n) is 4.34. The monoisotopic (exact) mass is 257 g/mol. The van der Waals surface area contributed by atoms with Crippen LogP contribution in [-0.4, -0.2) is 23.1 Å². The fourth-order valence-electron chi connectivity index (χ4n) is 1.70. The highest BCUT2D eigenvalue weighted by Gasteiger charge is 2.13. The zero-order valence-corrected chi connectivity index (χ0v) is 11.6. The fraction of sp³-hybridized carbons (Fsp3) is 0.667. The Hall–Kier alpha value is -1.03. The third kappa shape index (κ3) is 4.04. The molecular formula is C12H20ClN3O. The molecule has 4 nitrogen and oxygen atoms in total. The van der Waals surface area contributed by atoms with Crippen molar-refractivity contribution in [2.75, 3.05) is 12.4 Å². The van der Waals surface area contributed by atoms with Crippen molar-refractivity contribution in [1.82, 2.24) is 9.97 Å². The molecule has 1 rings (SSSR count). The minimum absolute atomic E-state index is 0.324. The van der Waals surface area contributed by atoms with Gasteiger partial charge < -0.3 is 10.1 Å². The maximum atomic E-state index is 5.93. The van der Waals surface area contributed by atoms with E-state index in [1.54, 1.807) is 7.11 Å². The van der Waals surface area contributed by atoms with Crippen LogP contribution in [0.2, 0.25) is 5.15 Å². The lowest BCUT2D eigenvalue weighted by atomic mass is 10.0. The molecule has 2 atom stereocenters. The Bertz CT molecular complexity index is 360. The van der Waals surface area contributed by atoms with Crippen LogP contribution in [0.4, 0.5) is 5.82 Å². The second-order valence-corrected chi connectivity index (χ2v) is 4.70. The van der Waals surface area contributed by atoms with Gasteiger partial charge in [-0.05, 0) is 19.3 Å². The van der Waals surface area contributed by atoms with E-state index in [2.05, 4.69) is 36.1 Å². The van der Waals surface area contributed by atoms with Crippen LogP contribution in [0, 0.1) is 5.92 Å². The van der Waals surface area contributed by atoms with E-state index in [0.29, 0.717) is 28.7 Å². The van der Waals surface area contributed by atoms with Crippen LogP contribution in [0.1, 0.15) is 33.6 Å². The third-order valence-corrected chi connectivity index (χ3v) is 3.07. The summed E-state index contributed by atoms with van der Waals surface area (Å²) in [6.07, 6.45) is 3.69. The van der Waals surface area contributed by atoms with Crippen molar-refractivity contribution in [1.29, 1.82) is 0 Å². The van der Waals surface area contributed by atoms with Crippen LogP contribution in [0.3, 0.4) is 0 Å². The predicted molar refractivity (Wildman–Crippen MR) is 70.8 cm³/mol. The van der Waals surface area contributed by atoms with Gasteiger partial charge in [-0.3, -0.25) is 0 Å². The number of anilines is 1. The summed E-state index contributed by atoms with van der Waals surface area (Å²) in [5, 5.41) is 3.64. The molecule has 1 heterocycles. The maximum Gasteiger partial charge on any atom is 0.198 e. The van der Waals surface area contributed by atoms with E-state index >= 15 is 0 Å². The molecule has 0 radical (unpaired) electrons. The molecule has 1 aromatic heterocycles. The van der Waals surface area contributed by atoms with Crippen LogP contribution in [0.5, 0.6) is 5.75 Å². The number of rotatable bonds is 6. The van der Waals surface area contributed by atoms with Gasteiger partial charge in [-0.1, -0.05) is 31.9 Å². The van der Waals surface area contributed by atoms with Crippen LogP contribution in [0.25, 0.3) is 0 Å². The molecule has 0 aliphatic carbocycles. The first kappa shape index (κ1) is 14.0. The predicted octanol–water partition coefficient (Wildman–Crippen LogP) is 3.38. The standard InChI is InChI=1S/C12H20ClN3O/c1-5-8(2)6-9(3)16-12-10(17-4)11(13)14-7-15-12/h7-9H,5-6H2,1-4H3,(H,14,15,16). The van der Waals surface area contributed by atoms with E-state index in [0.717, 1.165) is 6.42 Å². The number of hydrogen-bond donors (Lipinski definition) is 1. The Morgan fingerprint density at radius 2 is 2.12 bits per heavy atom. The summed E-state index contributed by atoms with van der Waals surface area (Å²) >= 11 is 5.93. The number of ether oxygens (including phenoxy) is 1. The average molecular weight is 258 g/mol. The molecule has 0 amide bonds. The molecule has 0 fully saturated rings. The van der Waals surface area contributed by atoms with Crippen molar-refractivity contribution < 1.29 is 4.74 Å². The van der Waals surface area contributed by atoms with Crippen molar-refractivity contribution >= 4 is 17.4 Å². The molecule has 0 bridgehead atoms. The number of hydrogen-bond acceptors (Lipinski definition) is 4. The SMILES string of the molecule is CCC(C)CC(C)Nc1ncnc(Cl)c1OC. The summed E-state index contributed by atoms with van der Waals surface area (Å²) in [5.74, 6) is 1.84. The summed E-state index contributed by atoms with van der Waals surface area (Å²) in [4.78, 5) is 8.04. The van der Waals surface area contributed by atoms with E-state index in [4.69, 9.17) is 16.3 Å². The zero-order valence-electron chi connectivity index (χ0n) is 10.8. The van der Waals surface area contributed by atoms with E-state index < -0.39 is 0 Å². The summed E-state index contributed by atoms with van der Waals surface area (Å²) < 4.78 is 5.19. The summed E-state index contributed by atoms with van der Waals surface area (Å²) in [5.41, 5.74) is 0. The molecule has 2 unspecified atom stereocenters. The number of methoxy groups -OCH3 is 1. The van der Waals surface area contributed by atoms with Crippen molar-refractivity contribution in [2.45, 2.75) is 39.7 Å². The molecule has 0 aliphatic heterocycles. The number of nitrogens with zero attached hydrogens (tertiary/aromatic N) is 2. The first-order valence-corrected chi connectivity index (χ1v) is 6.27. The van der Waals surface area contributed by atoms with E-state index in [-0.39, 0.29) is 0 Å². The molecule has 1 aromatic rings. The minimum atomic E-state index is 0.324. The van der Waals surface area contributed by atoms with Gasteiger partial charge >= 0.3 is 0 Å². The largest absolute Gasteiger partial charge is 0.490 e. The van der Waals surface area contributed by atoms with Gasteiger partial charge in [0.25, 0.3) is 0 Å². The molecule has 17 heavy (non-hydrogen) atoms. The van der Waals surface area contributed by atoms with Gasteiger partial charge in [0.15, 0.2) is 16.7 Å². The third-order valence-electron chi connectivity index (χ3n) is 2.80. The molecule has 5 heteroatoms. The molecule has 96 valence electrons. The Balaban J connectivity index is 2.71. The fourth-order valence-corrected chi connectivity index (χ4v) is 1.91. The van der Waals surface area contributed by atoms with Gasteiger partial charge in [0.2, 0.25) is 0 Å². The first-order chi connectivity index (χ1) is 8.08. The molecule has 0 aliphatic rings. The van der Waals surface area contributed by atoms with E-state index in [1.807, 2.05) is 0 Å². The van der Waals surface area contributed by atoms with Crippen molar-refractivity contribution in [3.8, 4) is 5.75 Å². The van der Waals surface area contributed by atoms with Crippen molar-refractivity contribution in [3.63, 3.8) is 0 Å². The number of nitrogens with one attached hydrogen (secondary N) is 1. The minimum Gasteiger partial charge on any atom is -0.490 e. The number of halogens is 1. The second kappa shape index (κ2) is 6.64. The van der Waals surface area contributed by atoms with Gasteiger partial charge in [-0.2, -0.15) is 0 Å². The molecule has 0 saturated carbocycles. The highest BCUT2D eigenvalue weighted by atomic mass is 35.5. The van der Waals surface area contributed by atoms with Crippen LogP contribution < -0.4 is 10.1 Å². The Morgan fingerprint density at radius 3 is 2.71 bits per heavy atom. The van der Waals surface area contributed by atoms with Gasteiger partial charge in [0.05, 0.1) is 7.11 Å². The summed E-state index contributed by atoms with van der Waals surface area (Å²) in [6.45, 7) is 6.56. The molecule has 0 saturated heterocycles. The quantitative estimate of drug-likeness (QED) is 0.794.